The highest BCUT2D eigenvalue weighted by molar-refractivity contribution is 7.20. The van der Waals surface area contributed by atoms with E-state index in [1.807, 2.05) is 68.4 Å². The van der Waals surface area contributed by atoms with Gasteiger partial charge in [0, 0.05) is 5.56 Å². The summed E-state index contributed by atoms with van der Waals surface area (Å²) in [5.74, 6) is 1.06. The zero-order valence-corrected chi connectivity index (χ0v) is 16.3. The van der Waals surface area contributed by atoms with Crippen molar-refractivity contribution in [2.24, 2.45) is 0 Å². The summed E-state index contributed by atoms with van der Waals surface area (Å²) in [4.78, 5) is 13.2. The van der Waals surface area contributed by atoms with Crippen molar-refractivity contribution in [1.82, 2.24) is 19.8 Å². The number of anilines is 1. The fraction of sp³-hybridized carbons (Fsp3) is 0.200. The smallest absolute Gasteiger partial charge is 0.267 e. The monoisotopic (exact) mass is 393 g/mol. The third-order valence-corrected chi connectivity index (χ3v) is 5.00. The van der Waals surface area contributed by atoms with Crippen LogP contribution in [0.2, 0.25) is 0 Å². The fourth-order valence-electron chi connectivity index (χ4n) is 2.80. The maximum Gasteiger partial charge on any atom is 0.267 e. The molecule has 0 radical (unpaired) electrons. The second-order valence-electron chi connectivity index (χ2n) is 6.31. The van der Waals surface area contributed by atoms with E-state index in [-0.39, 0.29) is 5.91 Å². The van der Waals surface area contributed by atoms with Gasteiger partial charge in [0.05, 0.1) is 0 Å². The molecule has 2 aromatic heterocycles. The molecule has 4 rings (SSSR count). The molecule has 0 aliphatic carbocycles. The lowest BCUT2D eigenvalue weighted by Crippen LogP contribution is -2.32. The maximum atomic E-state index is 12.6. The van der Waals surface area contributed by atoms with E-state index in [2.05, 4.69) is 20.6 Å². The number of aromatic nitrogens is 4. The first-order valence-electron chi connectivity index (χ1n) is 8.96. The molecule has 0 bridgehead atoms. The Kier molecular flexibility index (Phi) is 5.03. The number of amides is 1. The van der Waals surface area contributed by atoms with E-state index in [0.29, 0.717) is 28.1 Å². The second kappa shape index (κ2) is 7.77. The molecule has 0 spiro atoms. The summed E-state index contributed by atoms with van der Waals surface area (Å²) in [6.07, 6.45) is -0.0627. The van der Waals surface area contributed by atoms with Gasteiger partial charge in [-0.25, -0.2) is 0 Å². The number of para-hydroxylation sites is 1. The first kappa shape index (κ1) is 18.1. The quantitative estimate of drug-likeness (QED) is 0.536. The van der Waals surface area contributed by atoms with Gasteiger partial charge in [-0.15, -0.1) is 15.3 Å². The van der Waals surface area contributed by atoms with E-state index in [1.165, 1.54) is 11.3 Å². The van der Waals surface area contributed by atoms with Crippen molar-refractivity contribution in [2.45, 2.75) is 26.4 Å². The van der Waals surface area contributed by atoms with Crippen LogP contribution in [0.1, 0.15) is 18.9 Å². The molecular formula is C20H19N5O2S. The average molecular weight is 393 g/mol. The summed E-state index contributed by atoms with van der Waals surface area (Å²) in [6, 6.07) is 17.3. The molecule has 0 saturated carbocycles. The number of hydrogen-bond donors (Lipinski definition) is 1. The van der Waals surface area contributed by atoms with Crippen molar-refractivity contribution < 1.29 is 9.53 Å². The summed E-state index contributed by atoms with van der Waals surface area (Å²) in [6.45, 7) is 3.92. The van der Waals surface area contributed by atoms with E-state index in [9.17, 15) is 4.79 Å². The Morgan fingerprint density at radius 3 is 2.75 bits per heavy atom. The van der Waals surface area contributed by atoms with Gasteiger partial charge in [-0.1, -0.05) is 60.2 Å². The number of nitrogens with one attached hydrogen (secondary N) is 1. The van der Waals surface area contributed by atoms with Crippen molar-refractivity contribution >= 4 is 27.3 Å². The molecule has 1 atom stereocenters. The third kappa shape index (κ3) is 3.72. The number of nitrogens with zero attached hydrogens (tertiary/aromatic N) is 4. The molecule has 7 nitrogen and oxygen atoms in total. The van der Waals surface area contributed by atoms with Crippen LogP contribution in [-0.2, 0) is 4.79 Å². The zero-order chi connectivity index (χ0) is 19.5. The minimum atomic E-state index is -0.604. The SMILES string of the molecule is CC[C@H](Oc1ccccc1)C(=O)Nc1nn2c(-c3cccc(C)c3)nnc2s1. The van der Waals surface area contributed by atoms with Gasteiger partial charge in [0.2, 0.25) is 10.1 Å². The maximum absolute atomic E-state index is 12.6. The number of benzene rings is 2. The molecule has 2 aromatic carbocycles. The highest BCUT2D eigenvalue weighted by Gasteiger charge is 2.21. The van der Waals surface area contributed by atoms with Crippen LogP contribution < -0.4 is 10.1 Å². The molecule has 0 aliphatic rings. The minimum Gasteiger partial charge on any atom is -0.481 e. The number of aryl methyl sites for hydroxylation is 1. The summed E-state index contributed by atoms with van der Waals surface area (Å²) in [5.41, 5.74) is 2.05. The van der Waals surface area contributed by atoms with Gasteiger partial charge in [-0.2, -0.15) is 4.52 Å². The number of carbonyl (C=O) groups excluding carboxylic acids is 1. The summed E-state index contributed by atoms with van der Waals surface area (Å²) >= 11 is 1.27. The Labute approximate surface area is 166 Å². The molecule has 2 heterocycles. The largest absolute Gasteiger partial charge is 0.481 e. The Balaban J connectivity index is 1.54. The van der Waals surface area contributed by atoms with Gasteiger partial charge >= 0.3 is 0 Å². The predicted molar refractivity (Wildman–Crippen MR) is 109 cm³/mol. The van der Waals surface area contributed by atoms with Gasteiger partial charge in [0.1, 0.15) is 5.75 Å². The fourth-order valence-corrected chi connectivity index (χ4v) is 3.55. The van der Waals surface area contributed by atoms with E-state index >= 15 is 0 Å². The molecule has 28 heavy (non-hydrogen) atoms. The average Bonchev–Trinajstić information content (AvgIpc) is 3.27. The lowest BCUT2D eigenvalue weighted by molar-refractivity contribution is -0.122. The van der Waals surface area contributed by atoms with Crippen molar-refractivity contribution in [3.05, 3.63) is 60.2 Å². The standard InChI is InChI=1S/C20H19N5O2S/c1-3-16(27-15-10-5-4-6-11-15)18(26)21-19-24-25-17(22-23-20(25)28-19)14-9-7-8-13(2)12-14/h4-12,16H,3H2,1-2H3,(H,21,24,26)/t16-/m0/s1. The van der Waals surface area contributed by atoms with Crippen LogP contribution in [0.15, 0.2) is 54.6 Å². The van der Waals surface area contributed by atoms with E-state index in [4.69, 9.17) is 4.74 Å². The van der Waals surface area contributed by atoms with Crippen LogP contribution in [0, 0.1) is 6.92 Å². The van der Waals surface area contributed by atoms with Crippen LogP contribution in [0.5, 0.6) is 5.75 Å². The van der Waals surface area contributed by atoms with Crippen molar-refractivity contribution in [3.8, 4) is 17.1 Å². The van der Waals surface area contributed by atoms with E-state index in [1.54, 1.807) is 4.52 Å². The minimum absolute atomic E-state index is 0.242. The Morgan fingerprint density at radius 2 is 2.00 bits per heavy atom. The van der Waals surface area contributed by atoms with Gasteiger partial charge < -0.3 is 4.74 Å². The first-order valence-corrected chi connectivity index (χ1v) is 9.77. The van der Waals surface area contributed by atoms with Crippen LogP contribution >= 0.6 is 11.3 Å². The molecule has 0 fully saturated rings. The molecule has 0 saturated heterocycles. The van der Waals surface area contributed by atoms with Crippen molar-refractivity contribution in [2.75, 3.05) is 5.32 Å². The summed E-state index contributed by atoms with van der Waals surface area (Å²) in [5, 5.41) is 16.1. The zero-order valence-electron chi connectivity index (χ0n) is 15.5. The highest BCUT2D eigenvalue weighted by atomic mass is 32.1. The van der Waals surface area contributed by atoms with Crippen LogP contribution in [-0.4, -0.2) is 31.8 Å². The number of ether oxygens (including phenoxy) is 1. The van der Waals surface area contributed by atoms with Crippen LogP contribution in [0.25, 0.3) is 16.3 Å². The molecular weight excluding hydrogens is 374 g/mol. The lowest BCUT2D eigenvalue weighted by atomic mass is 10.1. The Bertz CT molecular complexity index is 1110. The third-order valence-electron chi connectivity index (χ3n) is 4.18. The van der Waals surface area contributed by atoms with Gasteiger partial charge in [-0.05, 0) is 31.5 Å². The number of fused-ring (bicyclic) bond motifs is 1. The summed E-state index contributed by atoms with van der Waals surface area (Å²) in [7, 11) is 0. The van der Waals surface area contributed by atoms with Gasteiger partial charge in [0.15, 0.2) is 11.9 Å². The molecule has 0 unspecified atom stereocenters. The number of hydrogen-bond acceptors (Lipinski definition) is 6. The number of rotatable bonds is 6. The normalized spacial score (nSPS) is 12.1. The van der Waals surface area contributed by atoms with E-state index in [0.717, 1.165) is 11.1 Å². The molecule has 142 valence electrons. The first-order chi connectivity index (χ1) is 13.6. The molecule has 1 amide bonds. The summed E-state index contributed by atoms with van der Waals surface area (Å²) < 4.78 is 7.44. The van der Waals surface area contributed by atoms with Crippen molar-refractivity contribution in [3.63, 3.8) is 0 Å². The number of carbonyl (C=O) groups is 1. The van der Waals surface area contributed by atoms with Crippen molar-refractivity contribution in [1.29, 1.82) is 0 Å². The molecule has 0 aliphatic heterocycles. The van der Waals surface area contributed by atoms with Gasteiger partial charge in [-0.3, -0.25) is 10.1 Å². The Hall–Kier alpha value is -3.26. The van der Waals surface area contributed by atoms with Gasteiger partial charge in [0.25, 0.3) is 5.91 Å². The Morgan fingerprint density at radius 1 is 1.18 bits per heavy atom. The van der Waals surface area contributed by atoms with Crippen LogP contribution in [0.3, 0.4) is 0 Å². The predicted octanol–water partition coefficient (Wildman–Crippen LogP) is 3.96. The van der Waals surface area contributed by atoms with Crippen LogP contribution in [0.4, 0.5) is 5.13 Å². The van der Waals surface area contributed by atoms with E-state index < -0.39 is 6.10 Å². The molecule has 1 N–H and O–H groups in total. The lowest BCUT2D eigenvalue weighted by Gasteiger charge is -2.16. The molecule has 8 heteroatoms. The topological polar surface area (TPSA) is 81.4 Å². The molecule has 4 aromatic rings. The second-order valence-corrected chi connectivity index (χ2v) is 7.27. The highest BCUT2D eigenvalue weighted by Crippen LogP contribution is 2.25.